The van der Waals surface area contributed by atoms with Crippen LogP contribution in [0.25, 0.3) is 10.8 Å². The quantitative estimate of drug-likeness (QED) is 0.504. The van der Waals surface area contributed by atoms with E-state index in [1.165, 1.54) is 11.8 Å². The highest BCUT2D eigenvalue weighted by Crippen LogP contribution is 2.28. The molecule has 0 amide bonds. The number of rotatable bonds is 6. The van der Waals surface area contributed by atoms with Gasteiger partial charge in [-0.05, 0) is 24.8 Å². The number of ether oxygens (including phenoxy) is 1. The Balaban J connectivity index is 1.75. The molecular formula is C15H21N6O4S-. The van der Waals surface area contributed by atoms with Crippen LogP contribution in [0.4, 0.5) is 5.82 Å². The molecular weight excluding hydrogens is 360 g/mol. The van der Waals surface area contributed by atoms with Gasteiger partial charge >= 0.3 is 0 Å². The fourth-order valence-electron chi connectivity index (χ4n) is 3.13. The molecule has 1 unspecified atom stereocenters. The standard InChI is InChI=1S/C15H22N6O4S/c1-20-15(22)13-11(9-17-20)7-12(18-14(13)25-2)21-5-3-10(4-6-21)8-16-19-26(23)24/h7,9-10,16,19H,3-6,8H2,1-2H3,(H,23,24)/p-1. The predicted octanol–water partition coefficient (Wildman–Crippen LogP) is -0.558. The summed E-state index contributed by atoms with van der Waals surface area (Å²) in [5.41, 5.74) is 2.46. The summed E-state index contributed by atoms with van der Waals surface area (Å²) >= 11 is -2.31. The third-order valence-corrected chi connectivity index (χ3v) is 4.87. The van der Waals surface area contributed by atoms with Crippen molar-refractivity contribution >= 4 is 27.9 Å². The number of hydrogen-bond acceptors (Lipinski definition) is 8. The van der Waals surface area contributed by atoms with Crippen LogP contribution in [-0.4, -0.2) is 50.3 Å². The highest BCUT2D eigenvalue weighted by Gasteiger charge is 2.22. The lowest BCUT2D eigenvalue weighted by atomic mass is 9.97. The van der Waals surface area contributed by atoms with Gasteiger partial charge in [-0.25, -0.2) is 10.1 Å². The first-order valence-corrected chi connectivity index (χ1v) is 9.31. The number of pyridine rings is 1. The van der Waals surface area contributed by atoms with Crippen LogP contribution in [0.15, 0.2) is 17.1 Å². The zero-order valence-corrected chi connectivity index (χ0v) is 15.4. The summed E-state index contributed by atoms with van der Waals surface area (Å²) in [7, 11) is 3.08. The van der Waals surface area contributed by atoms with E-state index in [2.05, 4.69) is 25.2 Å². The molecule has 1 fully saturated rings. The van der Waals surface area contributed by atoms with E-state index in [4.69, 9.17) is 4.74 Å². The van der Waals surface area contributed by atoms with Crippen LogP contribution in [0.2, 0.25) is 0 Å². The summed E-state index contributed by atoms with van der Waals surface area (Å²) < 4.78 is 27.5. The number of hydrogen-bond donors (Lipinski definition) is 2. The maximum atomic E-state index is 12.3. The minimum Gasteiger partial charge on any atom is -0.759 e. The van der Waals surface area contributed by atoms with E-state index < -0.39 is 11.3 Å². The molecule has 2 N–H and O–H groups in total. The number of piperidine rings is 1. The van der Waals surface area contributed by atoms with E-state index in [0.29, 0.717) is 29.1 Å². The van der Waals surface area contributed by atoms with Crippen molar-refractivity contribution in [1.29, 1.82) is 0 Å². The van der Waals surface area contributed by atoms with E-state index in [9.17, 15) is 13.6 Å². The van der Waals surface area contributed by atoms with Gasteiger partial charge in [-0.3, -0.25) is 9.00 Å². The highest BCUT2D eigenvalue weighted by molar-refractivity contribution is 7.76. The van der Waals surface area contributed by atoms with Gasteiger partial charge in [0.25, 0.3) is 5.56 Å². The molecule has 2 aromatic heterocycles. The molecule has 0 bridgehead atoms. The first-order valence-electron chi connectivity index (χ1n) is 8.23. The molecule has 0 aromatic carbocycles. The van der Waals surface area contributed by atoms with Gasteiger partial charge in [0.05, 0.1) is 13.3 Å². The second kappa shape index (κ2) is 8.08. The second-order valence-electron chi connectivity index (χ2n) is 6.18. The summed E-state index contributed by atoms with van der Waals surface area (Å²) in [6.45, 7) is 2.15. The van der Waals surface area contributed by atoms with E-state index in [0.717, 1.165) is 31.7 Å². The Morgan fingerprint density at radius 1 is 1.42 bits per heavy atom. The van der Waals surface area contributed by atoms with Crippen molar-refractivity contribution < 1.29 is 13.5 Å². The van der Waals surface area contributed by atoms with Gasteiger partial charge in [-0.1, -0.05) is 0 Å². The minimum atomic E-state index is -2.31. The Labute approximate surface area is 152 Å². The summed E-state index contributed by atoms with van der Waals surface area (Å²) in [5.74, 6) is 1.42. The van der Waals surface area contributed by atoms with Crippen LogP contribution < -0.4 is 25.5 Å². The summed E-state index contributed by atoms with van der Waals surface area (Å²) in [4.78, 5) is 21.1. The van der Waals surface area contributed by atoms with Crippen molar-refractivity contribution in [2.45, 2.75) is 12.8 Å². The monoisotopic (exact) mass is 381 g/mol. The molecule has 26 heavy (non-hydrogen) atoms. The minimum absolute atomic E-state index is 0.244. The molecule has 0 aliphatic carbocycles. The lowest BCUT2D eigenvalue weighted by Gasteiger charge is -2.33. The molecule has 142 valence electrons. The van der Waals surface area contributed by atoms with E-state index in [1.54, 1.807) is 13.2 Å². The third-order valence-electron chi connectivity index (χ3n) is 4.56. The number of aryl methyl sites for hydroxylation is 1. The maximum absolute atomic E-state index is 12.3. The van der Waals surface area contributed by atoms with Gasteiger partial charge in [-0.2, -0.15) is 14.9 Å². The fourth-order valence-corrected chi connectivity index (χ4v) is 3.33. The number of fused-ring (bicyclic) bond motifs is 1. The molecule has 11 heteroatoms. The van der Waals surface area contributed by atoms with Crippen LogP contribution in [0.3, 0.4) is 0 Å². The smallest absolute Gasteiger partial charge is 0.279 e. The maximum Gasteiger partial charge on any atom is 0.279 e. The van der Waals surface area contributed by atoms with Gasteiger partial charge in [0.15, 0.2) is 0 Å². The largest absolute Gasteiger partial charge is 0.759 e. The molecule has 3 heterocycles. The lowest BCUT2D eigenvalue weighted by Crippen LogP contribution is -2.41. The molecule has 1 aliphatic heterocycles. The van der Waals surface area contributed by atoms with Crippen LogP contribution in [0, 0.1) is 5.92 Å². The number of nitrogens with one attached hydrogen (secondary N) is 2. The van der Waals surface area contributed by atoms with Crippen molar-refractivity contribution in [1.82, 2.24) is 25.0 Å². The van der Waals surface area contributed by atoms with Gasteiger partial charge < -0.3 is 14.2 Å². The zero-order valence-electron chi connectivity index (χ0n) is 14.6. The van der Waals surface area contributed by atoms with E-state index in [-0.39, 0.29) is 5.56 Å². The average molecular weight is 381 g/mol. The summed E-state index contributed by atoms with van der Waals surface area (Å²) in [5, 5.41) is 5.18. The zero-order chi connectivity index (χ0) is 18.7. The fraction of sp³-hybridized carbons (Fsp3) is 0.533. The molecule has 1 saturated heterocycles. The predicted molar refractivity (Wildman–Crippen MR) is 96.3 cm³/mol. The average Bonchev–Trinajstić information content (AvgIpc) is 2.64. The normalized spacial score (nSPS) is 16.8. The van der Waals surface area contributed by atoms with Crippen molar-refractivity contribution in [2.75, 3.05) is 31.6 Å². The molecule has 1 aliphatic rings. The van der Waals surface area contributed by atoms with Crippen molar-refractivity contribution in [3.05, 3.63) is 22.6 Å². The number of hydrazine groups is 1. The van der Waals surface area contributed by atoms with Crippen LogP contribution in [0.1, 0.15) is 12.8 Å². The number of nitrogens with zero attached hydrogens (tertiary/aromatic N) is 4. The number of anilines is 1. The molecule has 0 saturated carbocycles. The Hall–Kier alpha value is -2.08. The molecule has 0 radical (unpaired) electrons. The SMILES string of the molecule is COc1nc(N2CCC(CNNS(=O)[O-])CC2)cc2cnn(C)c(=O)c12. The topological polar surface area (TPSA) is 124 Å². The molecule has 2 aromatic rings. The molecule has 1 atom stereocenters. The molecule has 10 nitrogen and oxygen atoms in total. The molecule has 3 rings (SSSR count). The van der Waals surface area contributed by atoms with E-state index in [1.807, 2.05) is 6.07 Å². The third kappa shape index (κ3) is 4.01. The summed E-state index contributed by atoms with van der Waals surface area (Å²) in [6, 6.07) is 1.85. The van der Waals surface area contributed by atoms with Gasteiger partial charge in [0.2, 0.25) is 5.88 Å². The highest BCUT2D eigenvalue weighted by atomic mass is 32.2. The van der Waals surface area contributed by atoms with Gasteiger partial charge in [0, 0.05) is 43.3 Å². The molecule has 0 spiro atoms. The second-order valence-corrected chi connectivity index (χ2v) is 6.85. The van der Waals surface area contributed by atoms with Crippen LogP contribution in [-0.2, 0) is 18.3 Å². The Bertz CT molecular complexity index is 865. The first kappa shape index (κ1) is 18.7. The Kier molecular flexibility index (Phi) is 5.81. The van der Waals surface area contributed by atoms with Crippen molar-refractivity contribution in [2.24, 2.45) is 13.0 Å². The number of methoxy groups -OCH3 is 1. The van der Waals surface area contributed by atoms with Crippen LogP contribution in [0.5, 0.6) is 5.88 Å². The van der Waals surface area contributed by atoms with E-state index >= 15 is 0 Å². The lowest BCUT2D eigenvalue weighted by molar-refractivity contribution is 0.371. The Morgan fingerprint density at radius 3 is 2.81 bits per heavy atom. The Morgan fingerprint density at radius 2 is 2.15 bits per heavy atom. The number of aromatic nitrogens is 3. The summed E-state index contributed by atoms with van der Waals surface area (Å²) in [6.07, 6.45) is 3.43. The van der Waals surface area contributed by atoms with Crippen molar-refractivity contribution in [3.63, 3.8) is 0 Å². The van der Waals surface area contributed by atoms with Gasteiger partial charge in [-0.15, -0.1) is 0 Å². The van der Waals surface area contributed by atoms with Crippen LogP contribution >= 0.6 is 0 Å². The van der Waals surface area contributed by atoms with Crippen molar-refractivity contribution in [3.8, 4) is 5.88 Å². The first-order chi connectivity index (χ1) is 12.5. The van der Waals surface area contributed by atoms with Gasteiger partial charge in [0.1, 0.15) is 11.2 Å².